The zero-order chi connectivity index (χ0) is 29.6. The number of amides is 3. The van der Waals surface area contributed by atoms with E-state index in [0.29, 0.717) is 30.8 Å². The molecule has 3 amide bonds. The van der Waals surface area contributed by atoms with Gasteiger partial charge in [0.25, 0.3) is 5.91 Å². The first-order valence-corrected chi connectivity index (χ1v) is 13.4. The predicted octanol–water partition coefficient (Wildman–Crippen LogP) is 3.18. The molecule has 0 radical (unpaired) electrons. The van der Waals surface area contributed by atoms with Gasteiger partial charge in [0.2, 0.25) is 11.8 Å². The lowest BCUT2D eigenvalue weighted by Gasteiger charge is -2.29. The van der Waals surface area contributed by atoms with E-state index >= 15 is 0 Å². The lowest BCUT2D eigenvalue weighted by atomic mass is 10.0. The number of ether oxygens (including phenoxy) is 1. The van der Waals surface area contributed by atoms with E-state index in [4.69, 9.17) is 10.00 Å². The van der Waals surface area contributed by atoms with Crippen LogP contribution in [-0.2, 0) is 28.9 Å². The molecule has 2 aromatic carbocycles. The van der Waals surface area contributed by atoms with Crippen molar-refractivity contribution in [3.05, 3.63) is 76.6 Å². The van der Waals surface area contributed by atoms with Crippen molar-refractivity contribution < 1.29 is 32.3 Å². The van der Waals surface area contributed by atoms with Crippen LogP contribution in [0.5, 0.6) is 5.75 Å². The van der Waals surface area contributed by atoms with Crippen LogP contribution in [0.4, 0.5) is 13.2 Å². The topological polar surface area (TPSA) is 121 Å². The number of carbonyl (C=O) groups excluding carboxylic acids is 3. The van der Waals surface area contributed by atoms with Crippen molar-refractivity contribution in [2.45, 2.75) is 50.7 Å². The van der Waals surface area contributed by atoms with Crippen molar-refractivity contribution in [1.82, 2.24) is 24.9 Å². The summed E-state index contributed by atoms with van der Waals surface area (Å²) in [7, 11) is 0. The number of nitrogens with one attached hydrogen (secondary N) is 1. The molecule has 6 rings (SSSR count). The van der Waals surface area contributed by atoms with Gasteiger partial charge in [0.05, 0.1) is 29.1 Å². The molecule has 0 spiro atoms. The average molecular weight is 579 g/mol. The number of nitrogens with zero attached hydrogens (tertiary/aromatic N) is 5. The maximum absolute atomic E-state index is 13.4. The molecule has 4 heterocycles. The number of alkyl halides is 3. The molecule has 1 unspecified atom stereocenters. The molecular weight excluding hydrogens is 553 g/mol. The summed E-state index contributed by atoms with van der Waals surface area (Å²) < 4.78 is 47.7. The number of benzene rings is 2. The fourth-order valence-electron chi connectivity index (χ4n) is 5.70. The van der Waals surface area contributed by atoms with E-state index in [1.807, 2.05) is 6.07 Å². The first-order chi connectivity index (χ1) is 20.1. The predicted molar refractivity (Wildman–Crippen MR) is 140 cm³/mol. The molecule has 2 saturated heterocycles. The standard InChI is InChI=1S/C29H25F3N6O4/c30-29(31,32)24-10-20(2-1-18(24)11-33)38-14-17(12-34-38)13-36-8-7-22(16-36)42-21-3-4-23-19(9-21)15-37(28(23)41)25-5-6-26(39)35-27(25)40/h1-4,9-10,12,14,22,25H,5-8,13,15-16H2,(H,35,39,40)/t22-,25?/m0/s1. The van der Waals surface area contributed by atoms with E-state index in [1.54, 1.807) is 30.6 Å². The Morgan fingerprint density at radius 1 is 1.12 bits per heavy atom. The number of hydrogen-bond donors (Lipinski definition) is 1. The Bertz CT molecular complexity index is 1630. The molecule has 216 valence electrons. The molecule has 3 aromatic rings. The Morgan fingerprint density at radius 3 is 2.71 bits per heavy atom. The zero-order valence-corrected chi connectivity index (χ0v) is 22.2. The highest BCUT2D eigenvalue weighted by atomic mass is 19.4. The number of piperidine rings is 1. The van der Waals surface area contributed by atoms with Gasteiger partial charge in [-0.05, 0) is 54.8 Å². The van der Waals surface area contributed by atoms with E-state index in [-0.39, 0.29) is 36.6 Å². The number of imide groups is 1. The Morgan fingerprint density at radius 2 is 1.95 bits per heavy atom. The van der Waals surface area contributed by atoms with Crippen molar-refractivity contribution in [3.63, 3.8) is 0 Å². The molecule has 13 heteroatoms. The third kappa shape index (κ3) is 5.33. The van der Waals surface area contributed by atoms with Crippen LogP contribution in [0.2, 0.25) is 0 Å². The van der Waals surface area contributed by atoms with Gasteiger partial charge in [-0.25, -0.2) is 4.68 Å². The van der Waals surface area contributed by atoms with Crippen LogP contribution < -0.4 is 10.1 Å². The molecule has 1 N–H and O–H groups in total. The minimum absolute atomic E-state index is 0.102. The molecule has 3 aliphatic rings. The number of hydrogen-bond acceptors (Lipinski definition) is 7. The van der Waals surface area contributed by atoms with E-state index in [2.05, 4.69) is 15.3 Å². The Labute approximate surface area is 238 Å². The third-order valence-electron chi connectivity index (χ3n) is 7.76. The number of likely N-dealkylation sites (tertiary alicyclic amines) is 1. The highest BCUT2D eigenvalue weighted by Gasteiger charge is 2.39. The van der Waals surface area contributed by atoms with Gasteiger partial charge in [-0.15, -0.1) is 0 Å². The summed E-state index contributed by atoms with van der Waals surface area (Å²) in [4.78, 5) is 40.3. The minimum Gasteiger partial charge on any atom is -0.489 e. The molecule has 3 aliphatic heterocycles. The van der Waals surface area contributed by atoms with Crippen LogP contribution in [0.3, 0.4) is 0 Å². The van der Waals surface area contributed by atoms with Gasteiger partial charge in [-0.2, -0.15) is 23.5 Å². The maximum Gasteiger partial charge on any atom is 0.417 e. The molecule has 2 fully saturated rings. The summed E-state index contributed by atoms with van der Waals surface area (Å²) in [5.41, 5.74) is 0.865. The molecule has 1 aromatic heterocycles. The van der Waals surface area contributed by atoms with Gasteiger partial charge in [0, 0.05) is 49.9 Å². The molecule has 0 saturated carbocycles. The van der Waals surface area contributed by atoms with E-state index in [0.717, 1.165) is 36.2 Å². The fourth-order valence-corrected chi connectivity index (χ4v) is 5.70. The SMILES string of the molecule is N#Cc1ccc(-n2cc(CN3CC[C@H](Oc4ccc5c(c4)CN(C4CCC(=O)NC4=O)C5=O)C3)cn2)cc1C(F)(F)F. The fraction of sp³-hybridized carbons (Fsp3) is 0.345. The first-order valence-electron chi connectivity index (χ1n) is 13.4. The molecule has 0 bridgehead atoms. The van der Waals surface area contributed by atoms with Crippen molar-refractivity contribution in [1.29, 1.82) is 5.26 Å². The summed E-state index contributed by atoms with van der Waals surface area (Å²) in [5, 5.41) is 15.5. The van der Waals surface area contributed by atoms with Crippen LogP contribution in [-0.4, -0.2) is 62.5 Å². The molecular formula is C29H25F3N6O4. The summed E-state index contributed by atoms with van der Waals surface area (Å²) in [6.45, 7) is 2.17. The lowest BCUT2D eigenvalue weighted by Crippen LogP contribution is -2.52. The average Bonchev–Trinajstić information content (AvgIpc) is 3.68. The van der Waals surface area contributed by atoms with Gasteiger partial charge in [0.15, 0.2) is 0 Å². The Kier molecular flexibility index (Phi) is 6.94. The molecule has 2 atom stereocenters. The van der Waals surface area contributed by atoms with Crippen molar-refractivity contribution in [3.8, 4) is 17.5 Å². The van der Waals surface area contributed by atoms with Gasteiger partial charge in [0.1, 0.15) is 17.9 Å². The summed E-state index contributed by atoms with van der Waals surface area (Å²) >= 11 is 0. The van der Waals surface area contributed by atoms with Gasteiger partial charge < -0.3 is 9.64 Å². The summed E-state index contributed by atoms with van der Waals surface area (Å²) in [5.74, 6) is -0.410. The number of nitriles is 1. The zero-order valence-electron chi connectivity index (χ0n) is 22.2. The first kappa shape index (κ1) is 27.5. The van der Waals surface area contributed by atoms with Crippen LogP contribution in [0.25, 0.3) is 5.69 Å². The highest BCUT2D eigenvalue weighted by molar-refractivity contribution is 6.05. The van der Waals surface area contributed by atoms with Crippen LogP contribution in [0.1, 0.15) is 51.9 Å². The van der Waals surface area contributed by atoms with Crippen molar-refractivity contribution in [2.24, 2.45) is 0 Å². The number of rotatable bonds is 6. The summed E-state index contributed by atoms with van der Waals surface area (Å²) in [6.07, 6.45) is -0.230. The number of fused-ring (bicyclic) bond motifs is 1. The van der Waals surface area contributed by atoms with Gasteiger partial charge >= 0.3 is 6.18 Å². The Balaban J connectivity index is 1.06. The maximum atomic E-state index is 13.4. The van der Waals surface area contributed by atoms with E-state index in [1.165, 1.54) is 15.6 Å². The Hall–Kier alpha value is -4.70. The second-order valence-corrected chi connectivity index (χ2v) is 10.6. The third-order valence-corrected chi connectivity index (χ3v) is 7.76. The normalized spacial score (nSPS) is 20.9. The largest absolute Gasteiger partial charge is 0.489 e. The van der Waals surface area contributed by atoms with Crippen LogP contribution in [0, 0.1) is 11.3 Å². The van der Waals surface area contributed by atoms with E-state index in [9.17, 15) is 27.6 Å². The number of carbonyl (C=O) groups is 3. The summed E-state index contributed by atoms with van der Waals surface area (Å²) in [6, 6.07) is 9.65. The molecule has 0 aliphatic carbocycles. The number of aromatic nitrogens is 2. The lowest BCUT2D eigenvalue weighted by molar-refractivity contribution is -0.138. The second kappa shape index (κ2) is 10.6. The molecule has 42 heavy (non-hydrogen) atoms. The number of halogens is 3. The van der Waals surface area contributed by atoms with Crippen molar-refractivity contribution >= 4 is 17.7 Å². The van der Waals surface area contributed by atoms with Crippen LogP contribution in [0.15, 0.2) is 48.8 Å². The smallest absolute Gasteiger partial charge is 0.417 e. The van der Waals surface area contributed by atoms with Gasteiger partial charge in [-0.3, -0.25) is 24.6 Å². The monoisotopic (exact) mass is 578 g/mol. The van der Waals surface area contributed by atoms with Crippen LogP contribution >= 0.6 is 0 Å². The van der Waals surface area contributed by atoms with Gasteiger partial charge in [-0.1, -0.05) is 0 Å². The van der Waals surface area contributed by atoms with Crippen molar-refractivity contribution in [2.75, 3.05) is 13.1 Å². The quantitative estimate of drug-likeness (QED) is 0.446. The molecule has 10 nitrogen and oxygen atoms in total. The second-order valence-electron chi connectivity index (χ2n) is 10.6. The van der Waals surface area contributed by atoms with E-state index < -0.39 is 29.3 Å². The highest BCUT2D eigenvalue weighted by Crippen LogP contribution is 2.34. The minimum atomic E-state index is -4.65.